The second-order valence-corrected chi connectivity index (χ2v) is 5.85. The van der Waals surface area contributed by atoms with Crippen molar-refractivity contribution in [2.75, 3.05) is 0 Å². The first-order chi connectivity index (χ1) is 8.04. The Bertz CT molecular complexity index is 279. The summed E-state index contributed by atoms with van der Waals surface area (Å²) in [4.78, 5) is 14.2. The van der Waals surface area contributed by atoms with Gasteiger partial charge in [0, 0.05) is 12.8 Å². The number of Topliss-reactive ketones (excluding diaryl/α,β-unsaturated/α-hetero) is 1. The number of carbonyl (C=O) groups is 1. The fourth-order valence-corrected chi connectivity index (χ4v) is 2.82. The quantitative estimate of drug-likeness (QED) is 0.553. The molecule has 0 aliphatic rings. The van der Waals surface area contributed by atoms with Crippen LogP contribution in [-0.2, 0) is 4.79 Å². The molecule has 0 rings (SSSR count). The molecule has 17 heavy (non-hydrogen) atoms. The molecule has 98 valence electrons. The summed E-state index contributed by atoms with van der Waals surface area (Å²) in [6.07, 6.45) is 6.72. The van der Waals surface area contributed by atoms with Crippen molar-refractivity contribution in [3.05, 3.63) is 22.5 Å². The molecule has 0 spiro atoms. The summed E-state index contributed by atoms with van der Waals surface area (Å²) in [5.74, 6) is 0.790. The number of ketones is 1. The van der Waals surface area contributed by atoms with Crippen LogP contribution < -0.4 is 0 Å². The minimum Gasteiger partial charge on any atom is -0.300 e. The first-order valence-corrected chi connectivity index (χ1v) is 7.37. The highest BCUT2D eigenvalue weighted by molar-refractivity contribution is 8.06. The van der Waals surface area contributed by atoms with Gasteiger partial charge in [0.15, 0.2) is 0 Å². The Labute approximate surface area is 111 Å². The maximum Gasteiger partial charge on any atom is 0.133 e. The van der Waals surface area contributed by atoms with E-state index in [0.29, 0.717) is 18.1 Å². The molecule has 0 N–H and O–H groups in total. The van der Waals surface area contributed by atoms with Gasteiger partial charge in [-0.15, -0.1) is 0 Å². The Balaban J connectivity index is 4.57. The highest BCUT2D eigenvalue weighted by atomic mass is 32.2. The van der Waals surface area contributed by atoms with Crippen LogP contribution in [0, 0.1) is 5.92 Å². The number of allylic oxidation sites excluding steroid dienone is 3. The minimum absolute atomic E-state index is 0.394. The number of rotatable bonds is 9. The first kappa shape index (κ1) is 16.5. The molecule has 0 aliphatic heterocycles. The normalized spacial score (nSPS) is 13.5. The molecule has 0 saturated carbocycles. The molecular formula is C15H26OS. The van der Waals surface area contributed by atoms with Crippen LogP contribution in [0.15, 0.2) is 22.5 Å². The van der Waals surface area contributed by atoms with E-state index in [4.69, 9.17) is 0 Å². The third-order valence-corrected chi connectivity index (χ3v) is 3.77. The van der Waals surface area contributed by atoms with Crippen molar-refractivity contribution in [2.45, 2.75) is 59.8 Å². The lowest BCUT2D eigenvalue weighted by molar-refractivity contribution is -0.119. The maximum absolute atomic E-state index is 11.8. The molecule has 0 aromatic rings. The summed E-state index contributed by atoms with van der Waals surface area (Å²) in [6, 6.07) is 0. The van der Waals surface area contributed by atoms with Gasteiger partial charge < -0.3 is 0 Å². The Morgan fingerprint density at radius 3 is 2.41 bits per heavy atom. The van der Waals surface area contributed by atoms with Gasteiger partial charge in [-0.1, -0.05) is 44.7 Å². The third-order valence-electron chi connectivity index (χ3n) is 2.62. The Morgan fingerprint density at radius 2 is 2.00 bits per heavy atom. The van der Waals surface area contributed by atoms with Gasteiger partial charge in [0.1, 0.15) is 5.78 Å². The van der Waals surface area contributed by atoms with Crippen LogP contribution in [0.1, 0.15) is 59.8 Å². The maximum atomic E-state index is 11.8. The zero-order valence-electron chi connectivity index (χ0n) is 11.7. The van der Waals surface area contributed by atoms with E-state index < -0.39 is 0 Å². The highest BCUT2D eigenvalue weighted by Gasteiger charge is 2.17. The largest absolute Gasteiger partial charge is 0.300 e. The van der Waals surface area contributed by atoms with Gasteiger partial charge in [-0.2, -0.15) is 0 Å². The Morgan fingerprint density at radius 1 is 1.35 bits per heavy atom. The average Bonchev–Trinajstić information content (AvgIpc) is 2.25. The minimum atomic E-state index is 0.394. The molecule has 0 amide bonds. The monoisotopic (exact) mass is 254 g/mol. The lowest BCUT2D eigenvalue weighted by Crippen LogP contribution is -2.09. The van der Waals surface area contributed by atoms with Crippen LogP contribution in [-0.4, -0.2) is 5.78 Å². The molecule has 0 radical (unpaired) electrons. The van der Waals surface area contributed by atoms with Crippen molar-refractivity contribution in [1.82, 2.24) is 0 Å². The molecule has 0 aromatic carbocycles. The number of hydrogen-bond donors (Lipinski definition) is 0. The van der Waals surface area contributed by atoms with Crippen LogP contribution in [0.3, 0.4) is 0 Å². The predicted octanol–water partition coefficient (Wildman–Crippen LogP) is 5.33. The fraction of sp³-hybridized carbons (Fsp3) is 0.667. The van der Waals surface area contributed by atoms with Crippen LogP contribution in [0.25, 0.3) is 0 Å². The topological polar surface area (TPSA) is 17.1 Å². The number of thioether (sulfide) groups is 1. The van der Waals surface area contributed by atoms with Gasteiger partial charge in [0.05, 0.1) is 0 Å². The summed E-state index contributed by atoms with van der Waals surface area (Å²) < 4.78 is 0. The molecule has 0 bridgehead atoms. The first-order valence-electron chi connectivity index (χ1n) is 6.56. The molecular weight excluding hydrogens is 228 g/mol. The van der Waals surface area contributed by atoms with E-state index in [-0.39, 0.29) is 0 Å². The van der Waals surface area contributed by atoms with Gasteiger partial charge >= 0.3 is 0 Å². The van der Waals surface area contributed by atoms with E-state index in [9.17, 15) is 4.79 Å². The summed E-state index contributed by atoms with van der Waals surface area (Å²) >= 11 is 1.72. The summed E-state index contributed by atoms with van der Waals surface area (Å²) in [6.45, 7) is 12.2. The van der Waals surface area contributed by atoms with E-state index in [1.54, 1.807) is 11.8 Å². The Kier molecular flexibility index (Phi) is 9.24. The molecule has 0 heterocycles. The highest BCUT2D eigenvalue weighted by Crippen LogP contribution is 2.34. The van der Waals surface area contributed by atoms with Crippen molar-refractivity contribution < 1.29 is 4.79 Å². The molecule has 0 aliphatic carbocycles. The van der Waals surface area contributed by atoms with E-state index in [1.807, 2.05) is 6.92 Å². The second-order valence-electron chi connectivity index (χ2n) is 4.47. The van der Waals surface area contributed by atoms with Crippen LogP contribution in [0.2, 0.25) is 0 Å². The molecule has 1 atom stereocenters. The lowest BCUT2D eigenvalue weighted by Gasteiger charge is -2.18. The van der Waals surface area contributed by atoms with Crippen LogP contribution in [0.5, 0.6) is 0 Å². The number of hydrogen-bond acceptors (Lipinski definition) is 2. The van der Waals surface area contributed by atoms with Gasteiger partial charge in [0.2, 0.25) is 0 Å². The van der Waals surface area contributed by atoms with Crippen LogP contribution in [0.4, 0.5) is 0 Å². The van der Waals surface area contributed by atoms with Crippen molar-refractivity contribution in [3.8, 4) is 0 Å². The molecule has 0 fully saturated rings. The summed E-state index contributed by atoms with van der Waals surface area (Å²) in [5.41, 5.74) is 0. The molecule has 2 heteroatoms. The van der Waals surface area contributed by atoms with Gasteiger partial charge in [-0.3, -0.25) is 4.79 Å². The Hall–Kier alpha value is -0.500. The van der Waals surface area contributed by atoms with Gasteiger partial charge in [0.25, 0.3) is 0 Å². The molecule has 0 saturated heterocycles. The van der Waals surface area contributed by atoms with E-state index in [2.05, 4.69) is 33.4 Å². The van der Waals surface area contributed by atoms with Gasteiger partial charge in [-0.05, 0) is 42.4 Å². The zero-order chi connectivity index (χ0) is 13.3. The van der Waals surface area contributed by atoms with E-state index in [1.165, 1.54) is 4.91 Å². The third kappa shape index (κ3) is 7.43. The van der Waals surface area contributed by atoms with Crippen molar-refractivity contribution >= 4 is 17.5 Å². The molecule has 0 aromatic heterocycles. The van der Waals surface area contributed by atoms with Crippen molar-refractivity contribution in [3.63, 3.8) is 0 Å². The van der Waals surface area contributed by atoms with Crippen molar-refractivity contribution in [1.29, 1.82) is 0 Å². The fourth-order valence-electron chi connectivity index (χ4n) is 1.93. The van der Waals surface area contributed by atoms with E-state index in [0.717, 1.165) is 30.6 Å². The standard InChI is InChI=1S/C15H26OS/c1-6-9-13(11-14(16)10-7-2)15(8-3)17-12(4)5/h8,13H,4,6-7,9-11H2,1-3,5H3/b15-8-. The zero-order valence-corrected chi connectivity index (χ0v) is 12.5. The SMILES string of the molecule is C=C(C)S/C(=C\C)C(CCC)CC(=O)CCC. The number of carbonyl (C=O) groups excluding carboxylic acids is 1. The summed E-state index contributed by atoms with van der Waals surface area (Å²) in [5, 5.41) is 0. The van der Waals surface area contributed by atoms with Gasteiger partial charge in [-0.25, -0.2) is 0 Å². The predicted molar refractivity (Wildman–Crippen MR) is 79.1 cm³/mol. The molecule has 1 unspecified atom stereocenters. The second kappa shape index (κ2) is 9.52. The van der Waals surface area contributed by atoms with E-state index >= 15 is 0 Å². The van der Waals surface area contributed by atoms with Crippen molar-refractivity contribution in [2.24, 2.45) is 5.92 Å². The lowest BCUT2D eigenvalue weighted by atomic mass is 9.95. The average molecular weight is 254 g/mol. The smallest absolute Gasteiger partial charge is 0.133 e. The summed E-state index contributed by atoms with van der Waals surface area (Å²) in [7, 11) is 0. The van der Waals surface area contributed by atoms with Crippen LogP contribution >= 0.6 is 11.8 Å². The molecule has 1 nitrogen and oxygen atoms in total.